The maximum absolute atomic E-state index is 15.3. The zero-order valence-electron chi connectivity index (χ0n) is 24.9. The molecule has 2 aliphatic heterocycles. The predicted molar refractivity (Wildman–Crippen MR) is 168 cm³/mol. The molecule has 10 nitrogen and oxygen atoms in total. The highest BCUT2D eigenvalue weighted by Crippen LogP contribution is 2.56. The number of sulfonamides is 1. The highest BCUT2D eigenvalue weighted by atomic mass is 35.5. The van der Waals surface area contributed by atoms with E-state index in [2.05, 4.69) is 17.2 Å². The molecule has 45 heavy (non-hydrogen) atoms. The minimum absolute atomic E-state index is 0.124. The van der Waals surface area contributed by atoms with Gasteiger partial charge in [-0.25, -0.2) is 17.7 Å². The van der Waals surface area contributed by atoms with Gasteiger partial charge in [0.05, 0.1) is 41.6 Å². The van der Waals surface area contributed by atoms with Crippen molar-refractivity contribution in [3.63, 3.8) is 0 Å². The number of anilines is 1. The summed E-state index contributed by atoms with van der Waals surface area (Å²) in [5, 5.41) is 13.0. The first-order valence-electron chi connectivity index (χ1n) is 14.7. The van der Waals surface area contributed by atoms with Gasteiger partial charge in [-0.1, -0.05) is 30.7 Å². The van der Waals surface area contributed by atoms with Crippen molar-refractivity contribution in [2.45, 2.75) is 49.2 Å². The summed E-state index contributed by atoms with van der Waals surface area (Å²) in [7, 11) is -2.91. The summed E-state index contributed by atoms with van der Waals surface area (Å²) >= 11 is 6.61. The number of methoxy groups -OCH3 is 1. The molecule has 1 saturated heterocycles. The van der Waals surface area contributed by atoms with Crippen LogP contribution in [0.5, 0.6) is 5.75 Å². The molecule has 1 unspecified atom stereocenters. The summed E-state index contributed by atoms with van der Waals surface area (Å²) < 4.78 is 41.4. The number of hydrogen-bond donors (Lipinski definition) is 1. The summed E-state index contributed by atoms with van der Waals surface area (Å²) in [4.78, 5) is 21.6. The Morgan fingerprint density at radius 3 is 2.64 bits per heavy atom. The zero-order chi connectivity index (χ0) is 31.8. The predicted octanol–water partition coefficient (Wildman–Crippen LogP) is 5.52. The van der Waals surface area contributed by atoms with Crippen LogP contribution in [-0.4, -0.2) is 44.4 Å². The molecular weight excluding hydrogens is 614 g/mol. The van der Waals surface area contributed by atoms with Crippen molar-refractivity contribution < 1.29 is 22.4 Å². The molecule has 1 fully saturated rings. The van der Waals surface area contributed by atoms with E-state index in [-0.39, 0.29) is 10.6 Å². The normalized spacial score (nSPS) is 19.9. The molecule has 3 aromatic carbocycles. The lowest BCUT2D eigenvalue weighted by molar-refractivity contribution is -0.127. The number of halogens is 1. The Bertz CT molecular complexity index is 1870. The van der Waals surface area contributed by atoms with Crippen LogP contribution >= 0.6 is 11.6 Å². The molecule has 0 bridgehead atoms. The van der Waals surface area contributed by atoms with Gasteiger partial charge in [0.1, 0.15) is 12.0 Å². The van der Waals surface area contributed by atoms with E-state index in [4.69, 9.17) is 20.8 Å². The van der Waals surface area contributed by atoms with Gasteiger partial charge in [-0.3, -0.25) is 9.69 Å². The van der Waals surface area contributed by atoms with Gasteiger partial charge in [0.25, 0.3) is 15.9 Å². The number of aromatic nitrogens is 1. The van der Waals surface area contributed by atoms with Crippen LogP contribution in [0.1, 0.15) is 60.4 Å². The van der Waals surface area contributed by atoms with E-state index in [1.54, 1.807) is 24.4 Å². The smallest absolute Gasteiger partial charge is 0.271 e. The van der Waals surface area contributed by atoms with Crippen LogP contribution in [0, 0.1) is 11.3 Å². The van der Waals surface area contributed by atoms with Crippen molar-refractivity contribution in [3.8, 4) is 11.8 Å². The van der Waals surface area contributed by atoms with Crippen molar-refractivity contribution in [2.24, 2.45) is 0 Å². The van der Waals surface area contributed by atoms with Gasteiger partial charge in [0.15, 0.2) is 5.54 Å². The monoisotopic (exact) mass is 645 g/mol. The van der Waals surface area contributed by atoms with Crippen LogP contribution in [0.3, 0.4) is 0 Å². The van der Waals surface area contributed by atoms with E-state index in [0.29, 0.717) is 59.3 Å². The van der Waals surface area contributed by atoms with Gasteiger partial charge in [-0.05, 0) is 79.9 Å². The second-order valence-electron chi connectivity index (χ2n) is 11.0. The van der Waals surface area contributed by atoms with Crippen LogP contribution in [0.4, 0.5) is 5.69 Å². The number of amides is 1. The van der Waals surface area contributed by atoms with Crippen LogP contribution in [0.2, 0.25) is 5.02 Å². The van der Waals surface area contributed by atoms with Crippen LogP contribution < -0.4 is 14.4 Å². The third-order valence-corrected chi connectivity index (χ3v) is 10.4. The number of oxazole rings is 1. The van der Waals surface area contributed by atoms with Crippen LogP contribution in [0.15, 0.2) is 82.4 Å². The van der Waals surface area contributed by atoms with Gasteiger partial charge >= 0.3 is 0 Å². The number of benzene rings is 3. The lowest BCUT2D eigenvalue weighted by Gasteiger charge is -2.41. The largest absolute Gasteiger partial charge is 0.496 e. The Hall–Kier alpha value is -4.21. The van der Waals surface area contributed by atoms with Crippen molar-refractivity contribution >= 4 is 33.2 Å². The Kier molecular flexibility index (Phi) is 8.41. The molecule has 0 radical (unpaired) electrons. The topological polar surface area (TPSA) is 129 Å². The molecule has 0 saturated carbocycles. The summed E-state index contributed by atoms with van der Waals surface area (Å²) in [6, 6.07) is 17.5. The fraction of sp³-hybridized carbons (Fsp3) is 0.303. The second kappa shape index (κ2) is 12.3. The van der Waals surface area contributed by atoms with E-state index < -0.39 is 27.5 Å². The average Bonchev–Trinajstić information content (AvgIpc) is 3.80. The highest BCUT2D eigenvalue weighted by Gasteiger charge is 2.62. The molecule has 2 atom stereocenters. The number of nitrogens with zero attached hydrogens (tertiary/aromatic N) is 4. The Morgan fingerprint density at radius 1 is 1.16 bits per heavy atom. The van der Waals surface area contributed by atoms with E-state index in [0.717, 1.165) is 22.8 Å². The summed E-state index contributed by atoms with van der Waals surface area (Å²) in [6.45, 7) is 3.97. The molecular formula is C33H32ClN5O5S. The Labute approximate surface area is 267 Å². The van der Waals surface area contributed by atoms with Crippen molar-refractivity contribution in [3.05, 3.63) is 106 Å². The number of likely N-dealkylation sites (tertiary alicyclic amines) is 1. The third-order valence-electron chi connectivity index (χ3n) is 8.41. The van der Waals surface area contributed by atoms with Gasteiger partial charge in [0, 0.05) is 29.2 Å². The third kappa shape index (κ3) is 5.08. The Balaban J connectivity index is 1.62. The number of ether oxygens (including phenoxy) is 1. The average molecular weight is 646 g/mol. The minimum atomic E-state index is -4.45. The molecule has 2 aliphatic rings. The van der Waals surface area contributed by atoms with Gasteiger partial charge in [-0.2, -0.15) is 5.26 Å². The van der Waals surface area contributed by atoms with Gasteiger partial charge in [-0.15, -0.1) is 0 Å². The number of rotatable bonds is 10. The molecule has 1 N–H and O–H groups in total. The maximum Gasteiger partial charge on any atom is 0.271 e. The summed E-state index contributed by atoms with van der Waals surface area (Å²) in [5.41, 5.74) is 0.647. The lowest BCUT2D eigenvalue weighted by Crippen LogP contribution is -2.54. The number of nitrogens with one attached hydrogen (secondary N) is 1. The van der Waals surface area contributed by atoms with E-state index in [1.807, 2.05) is 29.2 Å². The Morgan fingerprint density at radius 2 is 1.96 bits per heavy atom. The van der Waals surface area contributed by atoms with Crippen molar-refractivity contribution in [2.75, 3.05) is 24.5 Å². The van der Waals surface area contributed by atoms with E-state index in [1.165, 1.54) is 37.6 Å². The number of carbonyl (C=O) groups is 1. The quantitative estimate of drug-likeness (QED) is 0.222. The van der Waals surface area contributed by atoms with E-state index >= 15 is 4.79 Å². The second-order valence-corrected chi connectivity index (χ2v) is 13.2. The van der Waals surface area contributed by atoms with Crippen LogP contribution in [0.25, 0.3) is 0 Å². The maximum atomic E-state index is 15.3. The molecule has 12 heteroatoms. The lowest BCUT2D eigenvalue weighted by atomic mass is 9.80. The number of carbonyl (C=O) groups excluding carboxylic acids is 1. The van der Waals surface area contributed by atoms with E-state index in [9.17, 15) is 13.7 Å². The molecule has 232 valence electrons. The molecule has 1 aromatic heterocycles. The number of nitriles is 1. The molecule has 6 rings (SSSR count). The molecule has 3 heterocycles. The van der Waals surface area contributed by atoms with Crippen LogP contribution in [-0.2, 0) is 26.9 Å². The fourth-order valence-electron chi connectivity index (χ4n) is 6.46. The summed E-state index contributed by atoms with van der Waals surface area (Å²) in [6.07, 6.45) is 5.36. The van der Waals surface area contributed by atoms with Crippen molar-refractivity contribution in [1.82, 2.24) is 15.2 Å². The number of hydrogen-bond acceptors (Lipinski definition) is 9. The van der Waals surface area contributed by atoms with Gasteiger partial charge < -0.3 is 14.5 Å². The zero-order valence-corrected chi connectivity index (χ0v) is 26.4. The molecule has 1 amide bonds. The molecule has 0 spiro atoms. The van der Waals surface area contributed by atoms with Crippen molar-refractivity contribution in [1.29, 1.82) is 5.26 Å². The first kappa shape index (κ1) is 30.8. The SMILES string of the molecule is CCCNCc1ccc(C2(N3CCC[C@H]3c3ncco3)C(=O)N(S(=O)(=O)c3ccc(C#N)cc3)c3ccc(Cl)cc32)c(OC)c1. The summed E-state index contributed by atoms with van der Waals surface area (Å²) in [5.74, 6) is 0.162. The standard InChI is InChI=1S/C33H32ClN5O5S/c1-3-14-36-21-23-8-12-26(30(18-23)43-2)33(38-16-4-5-29(38)31-37-15-17-44-31)27-19-24(34)9-13-28(27)39(32(33)40)45(41,42)25-10-6-22(20-35)7-11-25/h6-13,15,17-19,29,36H,3-5,14,16,21H2,1-2H3/t29-,33?/m0/s1. The fourth-order valence-corrected chi connectivity index (χ4v) is 8.09. The first-order valence-corrected chi connectivity index (χ1v) is 16.5. The van der Waals surface area contributed by atoms with Gasteiger partial charge in [0.2, 0.25) is 5.89 Å². The highest BCUT2D eigenvalue weighted by molar-refractivity contribution is 7.93. The first-order chi connectivity index (χ1) is 21.8. The molecule has 4 aromatic rings. The molecule has 0 aliphatic carbocycles. The number of fused-ring (bicyclic) bond motifs is 1. The minimum Gasteiger partial charge on any atom is -0.496 e.